The summed E-state index contributed by atoms with van der Waals surface area (Å²) in [4.78, 5) is 23.3. The van der Waals surface area contributed by atoms with E-state index in [2.05, 4.69) is 71.8 Å². The van der Waals surface area contributed by atoms with Crippen LogP contribution < -0.4 is 0 Å². The van der Waals surface area contributed by atoms with Gasteiger partial charge in [0.1, 0.15) is 0 Å². The Bertz CT molecular complexity index is 1110. The van der Waals surface area contributed by atoms with Gasteiger partial charge >= 0.3 is 6.03 Å². The summed E-state index contributed by atoms with van der Waals surface area (Å²) in [5, 5.41) is 1.37. The molecule has 0 aliphatic carbocycles. The highest BCUT2D eigenvalue weighted by Crippen LogP contribution is 2.36. The van der Waals surface area contributed by atoms with Crippen LogP contribution in [-0.2, 0) is 0 Å². The van der Waals surface area contributed by atoms with E-state index >= 15 is 0 Å². The molecule has 0 spiro atoms. The van der Waals surface area contributed by atoms with Gasteiger partial charge in [-0.2, -0.15) is 0 Å². The molecule has 0 bridgehead atoms. The number of piperidine rings is 1. The second-order valence-corrected chi connectivity index (χ2v) is 9.85. The molecule has 6 nitrogen and oxygen atoms in total. The predicted molar refractivity (Wildman–Crippen MR) is 133 cm³/mol. The first kappa shape index (κ1) is 22.0. The Balaban J connectivity index is 1.26. The molecule has 0 unspecified atom stereocenters. The van der Waals surface area contributed by atoms with Crippen LogP contribution in [0.3, 0.4) is 0 Å². The molecule has 0 saturated carbocycles. The standard InChI is InChI=1S/C27H35N5O/c1-20(2)31-17-16-30(27(31)33)15-14-29-12-8-22(9-13-29)25-19-32(23-6-10-28-11-7-23)26-18-21(3)4-5-24(25)26/h4-7,10-11,18-20,22H,8-9,12-17H2,1-3H3. The number of hydrogen-bond acceptors (Lipinski definition) is 3. The van der Waals surface area contributed by atoms with Gasteiger partial charge in [0.25, 0.3) is 0 Å². The van der Waals surface area contributed by atoms with E-state index in [0.717, 1.165) is 57.8 Å². The molecule has 3 aromatic rings. The molecule has 2 saturated heterocycles. The number of fused-ring (bicyclic) bond motifs is 1. The third-order valence-electron chi connectivity index (χ3n) is 7.40. The van der Waals surface area contributed by atoms with Gasteiger partial charge in [0.2, 0.25) is 0 Å². The Morgan fingerprint density at radius 3 is 2.45 bits per heavy atom. The van der Waals surface area contributed by atoms with Gasteiger partial charge in [0.15, 0.2) is 0 Å². The predicted octanol–water partition coefficient (Wildman–Crippen LogP) is 4.66. The van der Waals surface area contributed by atoms with Crippen LogP contribution in [0.4, 0.5) is 4.79 Å². The average Bonchev–Trinajstić information content (AvgIpc) is 3.39. The van der Waals surface area contributed by atoms with Crippen LogP contribution in [0, 0.1) is 6.92 Å². The quantitative estimate of drug-likeness (QED) is 0.554. The highest BCUT2D eigenvalue weighted by atomic mass is 16.2. The number of urea groups is 1. The second-order valence-electron chi connectivity index (χ2n) is 9.85. The largest absolute Gasteiger partial charge is 0.322 e. The van der Waals surface area contributed by atoms with Crippen molar-refractivity contribution in [1.29, 1.82) is 0 Å². The summed E-state index contributed by atoms with van der Waals surface area (Å²) in [5.74, 6) is 0.569. The van der Waals surface area contributed by atoms with Gasteiger partial charge in [0, 0.05) is 61.9 Å². The molecule has 0 radical (unpaired) electrons. The molecule has 2 aliphatic rings. The highest BCUT2D eigenvalue weighted by Gasteiger charge is 2.30. The van der Waals surface area contributed by atoms with E-state index in [0.29, 0.717) is 5.92 Å². The SMILES string of the molecule is Cc1ccc2c(C3CCN(CCN4CCN(C(C)C)C4=O)CC3)cn(-c3ccncc3)c2c1. The normalized spacial score (nSPS) is 18.2. The molecular weight excluding hydrogens is 410 g/mol. The Labute approximate surface area is 196 Å². The first-order valence-corrected chi connectivity index (χ1v) is 12.3. The zero-order valence-electron chi connectivity index (χ0n) is 20.1. The first-order chi connectivity index (χ1) is 16.0. The summed E-state index contributed by atoms with van der Waals surface area (Å²) < 4.78 is 2.32. The van der Waals surface area contributed by atoms with Crippen LogP contribution in [-0.4, -0.2) is 75.6 Å². The molecule has 0 N–H and O–H groups in total. The van der Waals surface area contributed by atoms with E-state index in [1.54, 1.807) is 0 Å². The monoisotopic (exact) mass is 445 g/mol. The summed E-state index contributed by atoms with van der Waals surface area (Å²) in [6.07, 6.45) is 8.40. The number of aromatic nitrogens is 2. The van der Waals surface area contributed by atoms with E-state index in [1.165, 1.54) is 22.0 Å². The van der Waals surface area contributed by atoms with Crippen molar-refractivity contribution in [2.24, 2.45) is 0 Å². The molecular formula is C27H35N5O. The lowest BCUT2D eigenvalue weighted by Gasteiger charge is -2.33. The fourth-order valence-corrected chi connectivity index (χ4v) is 5.42. The minimum Gasteiger partial charge on any atom is -0.322 e. The van der Waals surface area contributed by atoms with Crippen LogP contribution in [0.5, 0.6) is 0 Å². The average molecular weight is 446 g/mol. The number of benzene rings is 1. The van der Waals surface area contributed by atoms with E-state index < -0.39 is 0 Å². The zero-order valence-corrected chi connectivity index (χ0v) is 20.1. The lowest BCUT2D eigenvalue weighted by molar-refractivity contribution is 0.166. The minimum atomic E-state index is 0.208. The Hall–Kier alpha value is -2.86. The number of amides is 2. The number of carbonyl (C=O) groups is 1. The van der Waals surface area contributed by atoms with Crippen LogP contribution in [0.1, 0.15) is 43.7 Å². The summed E-state index contributed by atoms with van der Waals surface area (Å²) in [6.45, 7) is 12.1. The molecule has 6 heteroatoms. The van der Waals surface area contributed by atoms with Crippen molar-refractivity contribution in [1.82, 2.24) is 24.3 Å². The van der Waals surface area contributed by atoms with Gasteiger partial charge in [-0.15, -0.1) is 0 Å². The Kier molecular flexibility index (Phi) is 6.11. The number of hydrogen-bond donors (Lipinski definition) is 0. The maximum Gasteiger partial charge on any atom is 0.320 e. The number of likely N-dealkylation sites (tertiary alicyclic amines) is 1. The fourth-order valence-electron chi connectivity index (χ4n) is 5.42. The Morgan fingerprint density at radius 2 is 1.76 bits per heavy atom. The third kappa shape index (κ3) is 4.36. The van der Waals surface area contributed by atoms with E-state index in [9.17, 15) is 4.79 Å². The van der Waals surface area contributed by atoms with Gasteiger partial charge in [-0.3, -0.25) is 4.98 Å². The molecule has 5 rings (SSSR count). The van der Waals surface area contributed by atoms with Crippen molar-refractivity contribution in [3.05, 3.63) is 60.0 Å². The summed E-state index contributed by atoms with van der Waals surface area (Å²) >= 11 is 0. The number of pyridine rings is 1. The van der Waals surface area contributed by atoms with Crippen molar-refractivity contribution >= 4 is 16.9 Å². The number of nitrogens with zero attached hydrogens (tertiary/aromatic N) is 5. The fraction of sp³-hybridized carbons (Fsp3) is 0.481. The van der Waals surface area contributed by atoms with E-state index in [4.69, 9.17) is 0 Å². The van der Waals surface area contributed by atoms with Crippen LogP contribution in [0.25, 0.3) is 16.6 Å². The maximum absolute atomic E-state index is 12.6. The number of rotatable bonds is 6. The molecule has 33 heavy (non-hydrogen) atoms. The summed E-state index contributed by atoms with van der Waals surface area (Å²) in [7, 11) is 0. The first-order valence-electron chi connectivity index (χ1n) is 12.3. The van der Waals surface area contributed by atoms with Crippen LogP contribution >= 0.6 is 0 Å². The summed E-state index contributed by atoms with van der Waals surface area (Å²) in [6, 6.07) is 11.5. The number of carbonyl (C=O) groups excluding carboxylic acids is 1. The smallest absolute Gasteiger partial charge is 0.320 e. The van der Waals surface area contributed by atoms with Crippen molar-refractivity contribution in [3.63, 3.8) is 0 Å². The molecule has 1 aromatic carbocycles. The molecule has 2 fully saturated rings. The van der Waals surface area contributed by atoms with Gasteiger partial charge < -0.3 is 19.3 Å². The van der Waals surface area contributed by atoms with Crippen LogP contribution in [0.2, 0.25) is 0 Å². The Morgan fingerprint density at radius 1 is 1.00 bits per heavy atom. The van der Waals surface area contributed by atoms with Crippen molar-refractivity contribution < 1.29 is 4.79 Å². The molecule has 2 amide bonds. The molecule has 2 aliphatic heterocycles. The lowest BCUT2D eigenvalue weighted by atomic mass is 9.89. The van der Waals surface area contributed by atoms with Crippen molar-refractivity contribution in [3.8, 4) is 5.69 Å². The van der Waals surface area contributed by atoms with Gasteiger partial charge in [-0.05, 0) is 81.9 Å². The molecule has 2 aromatic heterocycles. The van der Waals surface area contributed by atoms with Crippen LogP contribution in [0.15, 0.2) is 48.9 Å². The number of aryl methyl sites for hydroxylation is 1. The second kappa shape index (κ2) is 9.18. The molecule has 174 valence electrons. The molecule has 0 atom stereocenters. The van der Waals surface area contributed by atoms with Gasteiger partial charge in [-0.1, -0.05) is 12.1 Å². The van der Waals surface area contributed by atoms with Crippen molar-refractivity contribution in [2.45, 2.75) is 45.6 Å². The third-order valence-corrected chi connectivity index (χ3v) is 7.40. The van der Waals surface area contributed by atoms with E-state index in [1.807, 2.05) is 22.2 Å². The van der Waals surface area contributed by atoms with Gasteiger partial charge in [0.05, 0.1) is 5.52 Å². The zero-order chi connectivity index (χ0) is 22.9. The van der Waals surface area contributed by atoms with Gasteiger partial charge in [-0.25, -0.2) is 4.79 Å². The topological polar surface area (TPSA) is 44.6 Å². The minimum absolute atomic E-state index is 0.208. The van der Waals surface area contributed by atoms with Crippen molar-refractivity contribution in [2.75, 3.05) is 39.3 Å². The van der Waals surface area contributed by atoms with E-state index in [-0.39, 0.29) is 12.1 Å². The molecule has 4 heterocycles. The summed E-state index contributed by atoms with van der Waals surface area (Å²) in [5.41, 5.74) is 5.18. The maximum atomic E-state index is 12.6. The lowest BCUT2D eigenvalue weighted by Crippen LogP contribution is -2.41. The highest BCUT2D eigenvalue weighted by molar-refractivity contribution is 5.87.